The van der Waals surface area contributed by atoms with E-state index in [9.17, 15) is 0 Å². The van der Waals surface area contributed by atoms with E-state index in [2.05, 4.69) is 5.10 Å². The molecule has 0 spiro atoms. The first-order valence-electron chi connectivity index (χ1n) is 4.03. The molecule has 1 heterocycles. The van der Waals surface area contributed by atoms with Crippen molar-refractivity contribution in [3.05, 3.63) is 47.2 Å². The standard InChI is InChI=1S/C10H9ClN2/c1-8-4-2-3-5-10(8)13-7-9(11)6-12-13/h2-7H,1H3. The molecule has 2 aromatic rings. The number of hydrogen-bond acceptors (Lipinski definition) is 1. The van der Waals surface area contributed by atoms with Crippen LogP contribution in [0.15, 0.2) is 36.7 Å². The van der Waals surface area contributed by atoms with Gasteiger partial charge in [0.05, 0.1) is 16.9 Å². The van der Waals surface area contributed by atoms with Gasteiger partial charge in [0.2, 0.25) is 0 Å². The van der Waals surface area contributed by atoms with E-state index in [4.69, 9.17) is 11.6 Å². The summed E-state index contributed by atoms with van der Waals surface area (Å²) in [5.41, 5.74) is 2.25. The lowest BCUT2D eigenvalue weighted by Gasteiger charge is -2.03. The fourth-order valence-corrected chi connectivity index (χ4v) is 1.39. The second-order valence-electron chi connectivity index (χ2n) is 2.89. The van der Waals surface area contributed by atoms with Gasteiger partial charge < -0.3 is 0 Å². The van der Waals surface area contributed by atoms with Crippen molar-refractivity contribution in [2.24, 2.45) is 0 Å². The van der Waals surface area contributed by atoms with E-state index in [-0.39, 0.29) is 0 Å². The summed E-state index contributed by atoms with van der Waals surface area (Å²) < 4.78 is 1.78. The summed E-state index contributed by atoms with van der Waals surface area (Å²) in [5.74, 6) is 0. The molecule has 0 N–H and O–H groups in total. The Bertz CT molecular complexity index is 420. The van der Waals surface area contributed by atoms with Crippen LogP contribution >= 0.6 is 11.6 Å². The molecule has 1 aromatic carbocycles. The molecule has 0 radical (unpaired) electrons. The van der Waals surface area contributed by atoms with Crippen LogP contribution in [-0.4, -0.2) is 9.78 Å². The molecule has 2 rings (SSSR count). The fraction of sp³-hybridized carbons (Fsp3) is 0.100. The van der Waals surface area contributed by atoms with Crippen molar-refractivity contribution in [1.82, 2.24) is 9.78 Å². The van der Waals surface area contributed by atoms with Crippen molar-refractivity contribution >= 4 is 11.6 Å². The molecule has 0 aliphatic carbocycles. The monoisotopic (exact) mass is 192 g/mol. The van der Waals surface area contributed by atoms with Crippen molar-refractivity contribution in [1.29, 1.82) is 0 Å². The van der Waals surface area contributed by atoms with Crippen LogP contribution in [0.25, 0.3) is 5.69 Å². The summed E-state index contributed by atoms with van der Waals surface area (Å²) in [6.45, 7) is 2.05. The van der Waals surface area contributed by atoms with Crippen molar-refractivity contribution in [3.8, 4) is 5.69 Å². The van der Waals surface area contributed by atoms with Crippen molar-refractivity contribution in [2.75, 3.05) is 0 Å². The van der Waals surface area contributed by atoms with Crippen LogP contribution in [0.1, 0.15) is 5.56 Å². The van der Waals surface area contributed by atoms with E-state index in [1.54, 1.807) is 17.1 Å². The molecule has 0 fully saturated rings. The van der Waals surface area contributed by atoms with Gasteiger partial charge >= 0.3 is 0 Å². The average molecular weight is 193 g/mol. The number of aryl methyl sites for hydroxylation is 1. The molecular formula is C10H9ClN2. The largest absolute Gasteiger partial charge is 0.239 e. The topological polar surface area (TPSA) is 17.8 Å². The highest BCUT2D eigenvalue weighted by molar-refractivity contribution is 6.30. The number of aromatic nitrogens is 2. The number of hydrogen-bond donors (Lipinski definition) is 0. The first kappa shape index (κ1) is 8.32. The van der Waals surface area contributed by atoms with Gasteiger partial charge in [-0.15, -0.1) is 0 Å². The van der Waals surface area contributed by atoms with Gasteiger partial charge in [-0.1, -0.05) is 29.8 Å². The summed E-state index contributed by atoms with van der Waals surface area (Å²) in [6, 6.07) is 8.05. The molecule has 0 atom stereocenters. The zero-order valence-electron chi connectivity index (χ0n) is 7.24. The number of benzene rings is 1. The summed E-state index contributed by atoms with van der Waals surface area (Å²) in [7, 11) is 0. The van der Waals surface area contributed by atoms with E-state index < -0.39 is 0 Å². The Morgan fingerprint density at radius 1 is 1.31 bits per heavy atom. The first-order chi connectivity index (χ1) is 6.27. The number of halogens is 1. The smallest absolute Gasteiger partial charge is 0.0790 e. The summed E-state index contributed by atoms with van der Waals surface area (Å²) in [4.78, 5) is 0. The lowest BCUT2D eigenvalue weighted by molar-refractivity contribution is 0.873. The lowest BCUT2D eigenvalue weighted by atomic mass is 10.2. The Morgan fingerprint density at radius 2 is 2.08 bits per heavy atom. The Balaban J connectivity index is 2.52. The predicted octanol–water partition coefficient (Wildman–Crippen LogP) is 2.83. The van der Waals surface area contributed by atoms with Gasteiger partial charge in [0.1, 0.15) is 0 Å². The minimum absolute atomic E-state index is 0.656. The Morgan fingerprint density at radius 3 is 2.69 bits per heavy atom. The van der Waals surface area contributed by atoms with Crippen LogP contribution in [0, 0.1) is 6.92 Å². The summed E-state index contributed by atoms with van der Waals surface area (Å²) >= 11 is 5.78. The van der Waals surface area contributed by atoms with Crippen LogP contribution in [0.4, 0.5) is 0 Å². The minimum Gasteiger partial charge on any atom is -0.239 e. The van der Waals surface area contributed by atoms with Gasteiger partial charge in [0.25, 0.3) is 0 Å². The molecule has 0 bridgehead atoms. The molecule has 0 saturated heterocycles. The third kappa shape index (κ3) is 1.58. The van der Waals surface area contributed by atoms with Gasteiger partial charge in [-0.3, -0.25) is 0 Å². The minimum atomic E-state index is 0.656. The number of nitrogens with zero attached hydrogens (tertiary/aromatic N) is 2. The summed E-state index contributed by atoms with van der Waals surface area (Å²) in [6.07, 6.45) is 3.43. The van der Waals surface area contributed by atoms with E-state index in [1.807, 2.05) is 31.2 Å². The molecule has 0 unspecified atom stereocenters. The normalized spacial score (nSPS) is 10.3. The van der Waals surface area contributed by atoms with Crippen LogP contribution in [0.5, 0.6) is 0 Å². The maximum absolute atomic E-state index is 5.78. The maximum atomic E-state index is 5.78. The molecule has 3 heteroatoms. The molecule has 0 saturated carbocycles. The highest BCUT2D eigenvalue weighted by Crippen LogP contribution is 2.14. The molecule has 13 heavy (non-hydrogen) atoms. The van der Waals surface area contributed by atoms with Crippen molar-refractivity contribution in [3.63, 3.8) is 0 Å². The highest BCUT2D eigenvalue weighted by Gasteiger charge is 2.00. The van der Waals surface area contributed by atoms with E-state index in [0.717, 1.165) is 5.69 Å². The number of rotatable bonds is 1. The SMILES string of the molecule is Cc1ccccc1-n1cc(Cl)cn1. The zero-order valence-corrected chi connectivity index (χ0v) is 7.99. The third-order valence-corrected chi connectivity index (χ3v) is 2.11. The van der Waals surface area contributed by atoms with E-state index >= 15 is 0 Å². The Labute approximate surface area is 81.8 Å². The second-order valence-corrected chi connectivity index (χ2v) is 3.33. The van der Waals surface area contributed by atoms with Crippen molar-refractivity contribution < 1.29 is 0 Å². The van der Waals surface area contributed by atoms with Gasteiger partial charge in [-0.25, -0.2) is 4.68 Å². The summed E-state index contributed by atoms with van der Waals surface area (Å²) in [5, 5.41) is 4.79. The molecule has 0 amide bonds. The average Bonchev–Trinajstić information content (AvgIpc) is 2.53. The van der Waals surface area contributed by atoms with Gasteiger partial charge in [-0.05, 0) is 18.6 Å². The number of para-hydroxylation sites is 1. The Hall–Kier alpha value is -1.28. The van der Waals surface area contributed by atoms with E-state index in [1.165, 1.54) is 5.56 Å². The van der Waals surface area contributed by atoms with Crippen LogP contribution in [-0.2, 0) is 0 Å². The molecule has 2 nitrogen and oxygen atoms in total. The van der Waals surface area contributed by atoms with Gasteiger partial charge in [0, 0.05) is 6.20 Å². The maximum Gasteiger partial charge on any atom is 0.0790 e. The quantitative estimate of drug-likeness (QED) is 0.680. The molecular weight excluding hydrogens is 184 g/mol. The van der Waals surface area contributed by atoms with Crippen molar-refractivity contribution in [2.45, 2.75) is 6.92 Å². The first-order valence-corrected chi connectivity index (χ1v) is 4.41. The lowest BCUT2D eigenvalue weighted by Crippen LogP contribution is -1.96. The molecule has 66 valence electrons. The van der Waals surface area contributed by atoms with Crippen LogP contribution in [0.2, 0.25) is 5.02 Å². The molecule has 1 aromatic heterocycles. The zero-order chi connectivity index (χ0) is 9.26. The van der Waals surface area contributed by atoms with Gasteiger partial charge in [-0.2, -0.15) is 5.10 Å². The highest BCUT2D eigenvalue weighted by atomic mass is 35.5. The van der Waals surface area contributed by atoms with Gasteiger partial charge in [0.15, 0.2) is 0 Å². The molecule has 0 aliphatic rings. The van der Waals surface area contributed by atoms with E-state index in [0.29, 0.717) is 5.02 Å². The molecule has 0 aliphatic heterocycles. The second kappa shape index (κ2) is 3.23. The van der Waals surface area contributed by atoms with Crippen LogP contribution in [0.3, 0.4) is 0 Å². The Kier molecular flexibility index (Phi) is 2.07. The third-order valence-electron chi connectivity index (χ3n) is 1.91. The van der Waals surface area contributed by atoms with Crippen LogP contribution < -0.4 is 0 Å². The fourth-order valence-electron chi connectivity index (χ4n) is 1.25. The predicted molar refractivity (Wildman–Crippen MR) is 53.3 cm³/mol.